The van der Waals surface area contributed by atoms with E-state index in [1.54, 1.807) is 133 Å². The first-order chi connectivity index (χ1) is 53.7. The molecule has 113 heavy (non-hydrogen) atoms. The molecule has 0 bridgehead atoms. The second kappa shape index (κ2) is 43.1. The average molecular weight is 1580 g/mol. The summed E-state index contributed by atoms with van der Waals surface area (Å²) in [7, 11) is 1.32. The Labute approximate surface area is 659 Å². The summed E-state index contributed by atoms with van der Waals surface area (Å²) in [5.41, 5.74) is 8.62. The fourth-order valence-corrected chi connectivity index (χ4v) is 13.4. The van der Waals surface area contributed by atoms with Crippen molar-refractivity contribution in [2.75, 3.05) is 38.2 Å². The molecule has 0 aliphatic carbocycles. The summed E-state index contributed by atoms with van der Waals surface area (Å²) in [4.78, 5) is 206. The molecule has 0 spiro atoms. The molecule has 1 aliphatic heterocycles. The van der Waals surface area contributed by atoms with E-state index in [2.05, 4.69) is 68.8 Å². The van der Waals surface area contributed by atoms with Crippen LogP contribution in [0.2, 0.25) is 0 Å². The topological polar surface area (TPSA) is 489 Å². The molecule has 606 valence electrons. The van der Waals surface area contributed by atoms with E-state index in [0.29, 0.717) is 38.7 Å². The maximum Gasteiger partial charge on any atom is 0.245 e. The third kappa shape index (κ3) is 27.8. The van der Waals surface area contributed by atoms with Crippen LogP contribution in [0.15, 0.2) is 140 Å². The van der Waals surface area contributed by atoms with Crippen LogP contribution in [0.1, 0.15) is 89.1 Å². The number of aliphatic hydroxyl groups is 1. The number of hydrogen-bond donors (Lipinski definition) is 17. The summed E-state index contributed by atoms with van der Waals surface area (Å²) in [6.45, 7) is 9.01. The second-order valence-electron chi connectivity index (χ2n) is 29.1. The lowest BCUT2D eigenvalue weighted by molar-refractivity contribution is -0.143. The number of phenolic OH excluding ortho intramolecular Hbond substituents is 2. The van der Waals surface area contributed by atoms with Crippen molar-refractivity contribution < 1.29 is 82.4 Å². The Kier molecular flexibility index (Phi) is 33.7. The van der Waals surface area contributed by atoms with E-state index in [1.165, 1.54) is 62.5 Å². The summed E-state index contributed by atoms with van der Waals surface area (Å²) in [6, 6.07) is 19.3. The normalized spacial score (nSPS) is 22.8. The van der Waals surface area contributed by atoms with E-state index < -0.39 is 181 Å². The molecule has 32 nitrogen and oxygen atoms in total. The lowest BCUT2D eigenvalue weighted by Crippen LogP contribution is -2.61. The van der Waals surface area contributed by atoms with Gasteiger partial charge in [0.05, 0.1) is 25.4 Å². The van der Waals surface area contributed by atoms with Gasteiger partial charge in [-0.15, -0.1) is 11.8 Å². The number of nitrogens with one attached hydrogen (secondary N) is 13. The quantitative estimate of drug-likeness (QED) is 0.0507. The fraction of sp³-hybridized carbons (Fsp3) is 0.425. The highest BCUT2D eigenvalue weighted by atomic mass is 32.2. The van der Waals surface area contributed by atoms with Gasteiger partial charge in [0.15, 0.2) is 0 Å². The summed E-state index contributed by atoms with van der Waals surface area (Å²) < 4.78 is 0. The molecular formula is C80H103N15O17S. The van der Waals surface area contributed by atoms with E-state index in [1.807, 2.05) is 0 Å². The smallest absolute Gasteiger partial charge is 0.245 e. The number of amides is 14. The van der Waals surface area contributed by atoms with Crippen molar-refractivity contribution in [3.63, 3.8) is 0 Å². The Morgan fingerprint density at radius 1 is 0.496 bits per heavy atom. The highest BCUT2D eigenvalue weighted by Gasteiger charge is 2.39. The van der Waals surface area contributed by atoms with Gasteiger partial charge in [0.1, 0.15) is 78.0 Å². The zero-order valence-electron chi connectivity index (χ0n) is 64.3. The number of nitrogens with zero attached hydrogens (tertiary/aromatic N) is 1. The molecule has 2 heterocycles. The number of rotatable bonds is 19. The van der Waals surface area contributed by atoms with Crippen molar-refractivity contribution in [1.29, 1.82) is 0 Å². The first-order valence-electron chi connectivity index (χ1n) is 37.2. The molecule has 6 aromatic rings. The van der Waals surface area contributed by atoms with Gasteiger partial charge in [-0.3, -0.25) is 67.1 Å². The van der Waals surface area contributed by atoms with E-state index >= 15 is 14.4 Å². The molecular weight excluding hydrogens is 1480 g/mol. The molecule has 33 heteroatoms. The van der Waals surface area contributed by atoms with Crippen LogP contribution in [0.3, 0.4) is 0 Å². The zero-order chi connectivity index (χ0) is 82.6. The Bertz CT molecular complexity index is 4300. The van der Waals surface area contributed by atoms with Crippen LogP contribution >= 0.6 is 11.8 Å². The van der Waals surface area contributed by atoms with E-state index in [9.17, 15) is 68.1 Å². The van der Waals surface area contributed by atoms with E-state index in [-0.39, 0.29) is 74.0 Å². The third-order valence-corrected chi connectivity index (χ3v) is 19.6. The van der Waals surface area contributed by atoms with Crippen LogP contribution < -0.4 is 69.5 Å². The minimum Gasteiger partial charge on any atom is -0.508 e. The fourth-order valence-electron chi connectivity index (χ4n) is 12.5. The van der Waals surface area contributed by atoms with Gasteiger partial charge >= 0.3 is 0 Å². The number of aromatic nitrogens is 1. The maximum absolute atomic E-state index is 15.5. The highest BCUT2D eigenvalue weighted by molar-refractivity contribution is 8.00. The van der Waals surface area contributed by atoms with Crippen LogP contribution in [0.5, 0.6) is 11.5 Å². The standard InChI is InChI=1S/C80H103N15O17S/c1-44(2)31-57-73(105)93-64(72(104)83-39-66(81)99)42-113-43-68(101)87-59(33-48-17-11-9-12-18-48)74(106)89-60(34-50-23-27-53(97)28-24-50)75(107)88-58(32-45(3)4)77(109)94-69(46(5)6)79(111)85-47(7)70(102)92-63(41-96)71(103)84-40-67(100)86-61(37-52-38-82-56-22-16-15-21-55(52)56)76(108)91-62(35-51-25-29-54(98)30-26-51)80(112)95(8)65(78(110)90-57)36-49-19-13-10-14-20-49/h9-30,38,44-47,57-65,69,82,96-98H,31-37,39-43H2,1-8H3,(H2,81,99)(H,83,104)(H,84,103)(H,85,111)(H,86,100)(H,87,101)(H,88,107)(H,89,106)(H,90,110)(H,91,108)(H,92,102)(H,93,105)(H,94,109)/t47-,57+,58+,59+,60+,61+,62+,63+,64+,65+,69+/m1/s1. The number of hydrogen-bond acceptors (Lipinski definition) is 18. The maximum atomic E-state index is 15.5. The third-order valence-electron chi connectivity index (χ3n) is 18.6. The minimum atomic E-state index is -1.73. The molecule has 11 atom stereocenters. The summed E-state index contributed by atoms with van der Waals surface area (Å²) in [6.07, 6.45) is 0.524. The highest BCUT2D eigenvalue weighted by Crippen LogP contribution is 2.22. The number of H-pyrrole nitrogens is 1. The van der Waals surface area contributed by atoms with Crippen LogP contribution in [-0.2, 0) is 99.2 Å². The molecule has 1 aliphatic rings. The molecule has 0 radical (unpaired) electrons. The number of carbonyl (C=O) groups excluding carboxylic acids is 14. The van der Waals surface area contributed by atoms with Gasteiger partial charge in [0.2, 0.25) is 82.7 Å². The van der Waals surface area contributed by atoms with Crippen LogP contribution in [0.25, 0.3) is 10.9 Å². The van der Waals surface area contributed by atoms with Crippen LogP contribution in [0, 0.1) is 17.8 Å². The van der Waals surface area contributed by atoms with Crippen molar-refractivity contribution in [2.24, 2.45) is 23.5 Å². The summed E-state index contributed by atoms with van der Waals surface area (Å²) >= 11 is 0.834. The van der Waals surface area contributed by atoms with Gasteiger partial charge in [0, 0.05) is 62.0 Å². The number of primary amides is 1. The lowest BCUT2D eigenvalue weighted by atomic mass is 9.98. The number of fused-ring (bicyclic) bond motifs is 1. The Morgan fingerprint density at radius 3 is 1.50 bits per heavy atom. The molecule has 7 rings (SSSR count). The number of aromatic hydroxyl groups is 2. The largest absolute Gasteiger partial charge is 0.508 e. The van der Waals surface area contributed by atoms with Gasteiger partial charge in [0.25, 0.3) is 0 Å². The number of aliphatic hydroxyl groups excluding tert-OH is 1. The second-order valence-corrected chi connectivity index (χ2v) is 30.1. The summed E-state index contributed by atoms with van der Waals surface area (Å²) in [5.74, 6) is -15.0. The number of thioether (sulfide) groups is 1. The van der Waals surface area contributed by atoms with Crippen molar-refractivity contribution in [1.82, 2.24) is 73.7 Å². The molecule has 5 aromatic carbocycles. The number of likely N-dealkylation sites (N-methyl/N-ethyl adjacent to an activating group) is 1. The Balaban J connectivity index is 1.28. The molecule has 1 fully saturated rings. The Morgan fingerprint density at radius 2 is 0.956 bits per heavy atom. The van der Waals surface area contributed by atoms with Crippen molar-refractivity contribution in [3.05, 3.63) is 167 Å². The minimum absolute atomic E-state index is 0.00823. The summed E-state index contributed by atoms with van der Waals surface area (Å²) in [5, 5.41) is 63.1. The first kappa shape index (κ1) is 88.3. The molecule has 1 aromatic heterocycles. The molecule has 1 saturated heterocycles. The van der Waals surface area contributed by atoms with E-state index in [0.717, 1.165) is 16.7 Å². The molecule has 18 N–H and O–H groups in total. The number of carbonyl (C=O) groups is 14. The Hall–Kier alpha value is -11.9. The number of benzene rings is 5. The van der Waals surface area contributed by atoms with Crippen molar-refractivity contribution in [3.8, 4) is 11.5 Å². The zero-order valence-corrected chi connectivity index (χ0v) is 65.2. The lowest BCUT2D eigenvalue weighted by Gasteiger charge is -2.33. The predicted molar refractivity (Wildman–Crippen MR) is 421 cm³/mol. The molecule has 0 unspecified atom stereocenters. The molecule has 14 amide bonds. The number of aromatic amines is 1. The number of nitrogens with two attached hydrogens (primary N) is 1. The van der Waals surface area contributed by atoms with Crippen LogP contribution in [0.4, 0.5) is 0 Å². The number of para-hydroxylation sites is 1. The first-order valence-corrected chi connectivity index (χ1v) is 38.4. The molecule has 0 saturated carbocycles. The number of phenols is 2. The van der Waals surface area contributed by atoms with Gasteiger partial charge in [-0.05, 0) is 95.7 Å². The average Bonchev–Trinajstić information content (AvgIpc) is 1.81. The van der Waals surface area contributed by atoms with Gasteiger partial charge in [-0.1, -0.05) is 145 Å². The van der Waals surface area contributed by atoms with Gasteiger partial charge in [-0.25, -0.2) is 0 Å². The van der Waals surface area contributed by atoms with Gasteiger partial charge in [-0.2, -0.15) is 0 Å². The monoisotopic (exact) mass is 1580 g/mol. The SMILES string of the molecule is CC(C)C[C@@H]1NC(=O)[C@H](Cc2ccc(O)cc2)NC(=O)[C@H](Cc2ccccc2)NC(=O)CSC[C@@H](C(=O)NCC(N)=O)NC(=O)[C@H](CC(C)C)NC(=O)[C@H](Cc2ccccc2)N(C)C(=O)[C@H](Cc2ccc(O)cc2)NC(=O)[C@H](Cc2c[nH]c3ccccc23)NC(=O)CNC(=O)[C@H](CO)NC(=O)[C@@H](C)NC(=O)[C@H](C(C)C)NC1=O. The van der Waals surface area contributed by atoms with Crippen molar-refractivity contribution >= 4 is 105 Å². The van der Waals surface area contributed by atoms with Crippen molar-refractivity contribution in [2.45, 2.75) is 160 Å². The van der Waals surface area contributed by atoms with Gasteiger partial charge < -0.3 is 94.7 Å². The predicted octanol–water partition coefficient (Wildman–Crippen LogP) is -0.00770. The van der Waals surface area contributed by atoms with Crippen LogP contribution in [-0.4, -0.2) is 213 Å². The van der Waals surface area contributed by atoms with E-state index in [4.69, 9.17) is 5.73 Å².